The molecule has 0 aliphatic carbocycles. The number of hydrogen-bond acceptors (Lipinski definition) is 7. The first kappa shape index (κ1) is 13.5. The molecule has 1 N–H and O–H groups in total. The fourth-order valence-corrected chi connectivity index (χ4v) is 1.85. The lowest BCUT2D eigenvalue weighted by atomic mass is 10.1. The summed E-state index contributed by atoms with van der Waals surface area (Å²) >= 11 is 5.70. The van der Waals surface area contributed by atoms with Gasteiger partial charge in [0.1, 0.15) is 6.04 Å². The molecule has 0 bridgehead atoms. The molecule has 2 heterocycles. The van der Waals surface area contributed by atoms with Gasteiger partial charge in [-0.15, -0.1) is 0 Å². The monoisotopic (exact) mass is 285 g/mol. The summed E-state index contributed by atoms with van der Waals surface area (Å²) < 4.78 is 4.85. The zero-order valence-corrected chi connectivity index (χ0v) is 11.1. The van der Waals surface area contributed by atoms with Crippen molar-refractivity contribution < 1.29 is 14.3 Å². The number of nitrogens with one attached hydrogen (secondary N) is 1. The van der Waals surface area contributed by atoms with Crippen LogP contribution in [0.15, 0.2) is 0 Å². The van der Waals surface area contributed by atoms with Gasteiger partial charge >= 0.3 is 6.01 Å². The first-order valence-corrected chi connectivity index (χ1v) is 5.91. The van der Waals surface area contributed by atoms with Crippen LogP contribution < -0.4 is 10.1 Å². The number of halogens is 1. The minimum absolute atomic E-state index is 0.0398. The number of amides is 2. The number of likely N-dealkylation sites (N-methyl/N-ethyl adjacent to an activating group) is 1. The Morgan fingerprint density at radius 3 is 2.79 bits per heavy atom. The van der Waals surface area contributed by atoms with Gasteiger partial charge in [-0.3, -0.25) is 14.5 Å². The van der Waals surface area contributed by atoms with E-state index >= 15 is 0 Å². The third-order valence-electron chi connectivity index (χ3n) is 2.72. The van der Waals surface area contributed by atoms with Gasteiger partial charge in [0.15, 0.2) is 0 Å². The van der Waals surface area contributed by atoms with E-state index in [9.17, 15) is 9.59 Å². The van der Waals surface area contributed by atoms with Crippen LogP contribution in [0.1, 0.15) is 12.8 Å². The molecule has 1 aromatic rings. The first-order valence-electron chi connectivity index (χ1n) is 5.53. The zero-order valence-electron chi connectivity index (χ0n) is 10.4. The predicted octanol–water partition coefficient (Wildman–Crippen LogP) is 0.0929. The van der Waals surface area contributed by atoms with Crippen molar-refractivity contribution in [3.8, 4) is 6.01 Å². The molecule has 1 saturated heterocycles. The number of hydrogen-bond donors (Lipinski definition) is 1. The maximum atomic E-state index is 11.9. The highest BCUT2D eigenvalue weighted by atomic mass is 35.5. The van der Waals surface area contributed by atoms with Crippen LogP contribution in [0.25, 0.3) is 0 Å². The fraction of sp³-hybridized carbons (Fsp3) is 0.500. The first-order chi connectivity index (χ1) is 9.01. The molecular weight excluding hydrogens is 274 g/mol. The maximum absolute atomic E-state index is 11.9. The number of anilines is 1. The van der Waals surface area contributed by atoms with Crippen molar-refractivity contribution in [2.45, 2.75) is 18.9 Å². The zero-order chi connectivity index (χ0) is 14.0. The summed E-state index contributed by atoms with van der Waals surface area (Å²) in [7, 11) is 2.84. The normalized spacial score (nSPS) is 19.5. The second-order valence-electron chi connectivity index (χ2n) is 3.94. The summed E-state index contributed by atoms with van der Waals surface area (Å²) in [5, 5.41) is 2.79. The molecule has 1 atom stereocenters. The van der Waals surface area contributed by atoms with E-state index in [2.05, 4.69) is 20.3 Å². The lowest BCUT2D eigenvalue weighted by molar-refractivity contribution is -0.146. The van der Waals surface area contributed by atoms with Crippen molar-refractivity contribution in [3.63, 3.8) is 0 Å². The Morgan fingerprint density at radius 2 is 2.11 bits per heavy atom. The highest BCUT2D eigenvalue weighted by Gasteiger charge is 2.32. The van der Waals surface area contributed by atoms with Gasteiger partial charge < -0.3 is 10.1 Å². The van der Waals surface area contributed by atoms with Gasteiger partial charge in [-0.2, -0.15) is 15.0 Å². The minimum Gasteiger partial charge on any atom is -0.467 e. The lowest BCUT2D eigenvalue weighted by Gasteiger charge is -2.28. The summed E-state index contributed by atoms with van der Waals surface area (Å²) in [4.78, 5) is 35.8. The molecule has 1 aliphatic heterocycles. The molecule has 19 heavy (non-hydrogen) atoms. The van der Waals surface area contributed by atoms with Gasteiger partial charge in [0.2, 0.25) is 17.1 Å². The molecule has 1 unspecified atom stereocenters. The Morgan fingerprint density at radius 1 is 1.37 bits per heavy atom. The standard InChI is InChI=1S/C10H12ClN5O3/c1-16-6(17)4-3-5(7(16)18)12-9-13-8(11)14-10(15-9)19-2/h5H,3-4H2,1-2H3,(H,12,13,14,15). The number of carbonyl (C=O) groups is 2. The number of nitrogens with zero attached hydrogens (tertiary/aromatic N) is 4. The summed E-state index contributed by atoms with van der Waals surface area (Å²) in [5.41, 5.74) is 0. The molecule has 2 amide bonds. The van der Waals surface area contributed by atoms with Gasteiger partial charge in [-0.25, -0.2) is 0 Å². The van der Waals surface area contributed by atoms with E-state index in [1.807, 2.05) is 0 Å². The van der Waals surface area contributed by atoms with Gasteiger partial charge in [-0.05, 0) is 18.0 Å². The smallest absolute Gasteiger partial charge is 0.322 e. The van der Waals surface area contributed by atoms with E-state index in [-0.39, 0.29) is 35.5 Å². The van der Waals surface area contributed by atoms with Gasteiger partial charge in [0, 0.05) is 13.5 Å². The molecule has 8 nitrogen and oxygen atoms in total. The Kier molecular flexibility index (Phi) is 3.79. The minimum atomic E-state index is -0.564. The van der Waals surface area contributed by atoms with E-state index < -0.39 is 6.04 Å². The van der Waals surface area contributed by atoms with Crippen LogP contribution >= 0.6 is 11.6 Å². The van der Waals surface area contributed by atoms with Crippen molar-refractivity contribution in [2.75, 3.05) is 19.5 Å². The molecule has 1 aromatic heterocycles. The molecule has 1 aliphatic rings. The summed E-state index contributed by atoms with van der Waals surface area (Å²) in [6.45, 7) is 0. The molecule has 1 fully saturated rings. The number of methoxy groups -OCH3 is 1. The van der Waals surface area contributed by atoms with Crippen LogP contribution in [-0.4, -0.2) is 51.9 Å². The predicted molar refractivity (Wildman–Crippen MR) is 65.8 cm³/mol. The van der Waals surface area contributed by atoms with Gasteiger partial charge in [-0.1, -0.05) is 0 Å². The Labute approximate surface area is 114 Å². The van der Waals surface area contributed by atoms with E-state index in [0.717, 1.165) is 4.90 Å². The molecular formula is C10H12ClN5O3. The number of imide groups is 1. The second kappa shape index (κ2) is 5.35. The van der Waals surface area contributed by atoms with E-state index in [4.69, 9.17) is 16.3 Å². The van der Waals surface area contributed by atoms with Crippen LogP contribution in [0.3, 0.4) is 0 Å². The number of piperidine rings is 1. The highest BCUT2D eigenvalue weighted by molar-refractivity contribution is 6.28. The van der Waals surface area contributed by atoms with Crippen LogP contribution in [0, 0.1) is 0 Å². The number of ether oxygens (including phenoxy) is 1. The number of carbonyl (C=O) groups excluding carboxylic acids is 2. The topological polar surface area (TPSA) is 97.3 Å². The molecule has 2 rings (SSSR count). The molecule has 0 saturated carbocycles. The van der Waals surface area contributed by atoms with Crippen LogP contribution in [-0.2, 0) is 9.59 Å². The van der Waals surface area contributed by atoms with Crippen LogP contribution in [0.2, 0.25) is 5.28 Å². The molecule has 9 heteroatoms. The Bertz CT molecular complexity index is 524. The summed E-state index contributed by atoms with van der Waals surface area (Å²) in [5.74, 6) is -0.390. The maximum Gasteiger partial charge on any atom is 0.322 e. The quantitative estimate of drug-likeness (QED) is 0.786. The van der Waals surface area contributed by atoms with Crippen molar-refractivity contribution in [1.82, 2.24) is 19.9 Å². The number of rotatable bonds is 3. The Hall–Kier alpha value is -1.96. The largest absolute Gasteiger partial charge is 0.467 e. The van der Waals surface area contributed by atoms with Crippen molar-refractivity contribution in [2.24, 2.45) is 0 Å². The average molecular weight is 286 g/mol. The molecule has 102 valence electrons. The number of likely N-dealkylation sites (tertiary alicyclic amines) is 1. The van der Waals surface area contributed by atoms with Crippen LogP contribution in [0.5, 0.6) is 6.01 Å². The SMILES string of the molecule is COc1nc(Cl)nc(NC2CCC(=O)N(C)C2=O)n1. The number of aromatic nitrogens is 3. The van der Waals surface area contributed by atoms with Crippen LogP contribution in [0.4, 0.5) is 5.95 Å². The average Bonchev–Trinajstić information content (AvgIpc) is 2.39. The van der Waals surface area contributed by atoms with E-state index in [1.54, 1.807) is 0 Å². The fourth-order valence-electron chi connectivity index (χ4n) is 1.69. The van der Waals surface area contributed by atoms with E-state index in [1.165, 1.54) is 14.2 Å². The van der Waals surface area contributed by atoms with Crippen molar-refractivity contribution in [3.05, 3.63) is 5.28 Å². The Balaban J connectivity index is 2.15. The highest BCUT2D eigenvalue weighted by Crippen LogP contribution is 2.17. The summed E-state index contributed by atoms with van der Waals surface area (Å²) in [6, 6.07) is -0.513. The van der Waals surface area contributed by atoms with Crippen molar-refractivity contribution in [1.29, 1.82) is 0 Å². The van der Waals surface area contributed by atoms with Crippen molar-refractivity contribution >= 4 is 29.4 Å². The lowest BCUT2D eigenvalue weighted by Crippen LogP contribution is -2.48. The molecule has 0 radical (unpaired) electrons. The third kappa shape index (κ3) is 2.90. The second-order valence-corrected chi connectivity index (χ2v) is 4.28. The van der Waals surface area contributed by atoms with E-state index in [0.29, 0.717) is 6.42 Å². The molecule has 0 aromatic carbocycles. The van der Waals surface area contributed by atoms with Gasteiger partial charge in [0.05, 0.1) is 7.11 Å². The van der Waals surface area contributed by atoms with Gasteiger partial charge in [0.25, 0.3) is 5.91 Å². The summed E-state index contributed by atoms with van der Waals surface area (Å²) in [6.07, 6.45) is 0.670. The third-order valence-corrected chi connectivity index (χ3v) is 2.89. The molecule has 0 spiro atoms.